The number of hydrogen-bond donors (Lipinski definition) is 0. The molecule has 0 bridgehead atoms. The summed E-state index contributed by atoms with van der Waals surface area (Å²) in [7, 11) is 2.39. The van der Waals surface area contributed by atoms with Crippen LogP contribution < -0.4 is 0 Å². The van der Waals surface area contributed by atoms with E-state index >= 15 is 0 Å². The molecule has 0 saturated heterocycles. The van der Waals surface area contributed by atoms with Gasteiger partial charge in [-0.2, -0.15) is 0 Å². The van der Waals surface area contributed by atoms with Gasteiger partial charge in [0.2, 0.25) is 0 Å². The number of halogens is 2. The van der Waals surface area contributed by atoms with Crippen LogP contribution in [-0.4, -0.2) is 26.2 Å². The molecule has 0 aliphatic carbocycles. The summed E-state index contributed by atoms with van der Waals surface area (Å²) in [6, 6.07) is 2.50. The third-order valence-corrected chi connectivity index (χ3v) is 5.32. The molecule has 0 fully saturated rings. The van der Waals surface area contributed by atoms with Gasteiger partial charge in [-0.25, -0.2) is 18.4 Å². The molecule has 0 aliphatic rings. The highest BCUT2D eigenvalue weighted by Crippen LogP contribution is 2.40. The van der Waals surface area contributed by atoms with Crippen molar-refractivity contribution in [2.75, 3.05) is 14.2 Å². The minimum absolute atomic E-state index is 0.00586. The Hall–Kier alpha value is -2.06. The van der Waals surface area contributed by atoms with Gasteiger partial charge < -0.3 is 9.47 Å². The van der Waals surface area contributed by atoms with Gasteiger partial charge in [-0.05, 0) is 12.1 Å². The molecule has 4 nitrogen and oxygen atoms in total. The van der Waals surface area contributed by atoms with Gasteiger partial charge >= 0.3 is 11.9 Å². The zero-order chi connectivity index (χ0) is 16.0. The number of thiophene rings is 2. The number of carbonyl (C=O) groups excluding carboxylic acids is 2. The Bertz CT molecular complexity index is 797. The number of hydrogen-bond acceptors (Lipinski definition) is 6. The van der Waals surface area contributed by atoms with E-state index in [9.17, 15) is 18.4 Å². The molecule has 2 aromatic heterocycles. The summed E-state index contributed by atoms with van der Waals surface area (Å²) in [5.41, 5.74) is 0. The SMILES string of the molecule is COC(=O)c1cc2c(F)c3sc(C(=O)OC)cc3c(F)c2s1. The molecule has 0 unspecified atom stereocenters. The Kier molecular flexibility index (Phi) is 3.57. The summed E-state index contributed by atoms with van der Waals surface area (Å²) < 4.78 is 38.2. The van der Waals surface area contributed by atoms with Crippen molar-refractivity contribution in [1.82, 2.24) is 0 Å². The maximum Gasteiger partial charge on any atom is 0.348 e. The quantitative estimate of drug-likeness (QED) is 0.661. The summed E-state index contributed by atoms with van der Waals surface area (Å²) in [5.74, 6) is -2.65. The number of ether oxygens (including phenoxy) is 2. The number of methoxy groups -OCH3 is 2. The van der Waals surface area contributed by atoms with Crippen LogP contribution in [-0.2, 0) is 9.47 Å². The van der Waals surface area contributed by atoms with Gasteiger partial charge in [0.1, 0.15) is 21.4 Å². The van der Waals surface area contributed by atoms with E-state index in [1.807, 2.05) is 0 Å². The Morgan fingerprint density at radius 2 is 1.23 bits per heavy atom. The molecule has 8 heteroatoms. The lowest BCUT2D eigenvalue weighted by atomic mass is 10.2. The van der Waals surface area contributed by atoms with Crippen LogP contribution in [0.25, 0.3) is 20.2 Å². The number of esters is 2. The van der Waals surface area contributed by atoms with E-state index in [1.54, 1.807) is 0 Å². The highest BCUT2D eigenvalue weighted by Gasteiger charge is 2.23. The fourth-order valence-electron chi connectivity index (χ4n) is 2.08. The predicted molar refractivity (Wildman–Crippen MR) is 79.8 cm³/mol. The Morgan fingerprint density at radius 1 is 0.864 bits per heavy atom. The van der Waals surface area contributed by atoms with Crippen molar-refractivity contribution < 1.29 is 27.8 Å². The Balaban J connectivity index is 2.33. The van der Waals surface area contributed by atoms with Gasteiger partial charge in [-0.1, -0.05) is 0 Å². The minimum atomic E-state index is -0.669. The average molecular weight is 342 g/mol. The molecule has 2 heterocycles. The lowest BCUT2D eigenvalue weighted by Gasteiger charge is -1.97. The smallest absolute Gasteiger partial charge is 0.348 e. The number of carbonyl (C=O) groups is 2. The van der Waals surface area contributed by atoms with Crippen LogP contribution >= 0.6 is 22.7 Å². The van der Waals surface area contributed by atoms with E-state index in [1.165, 1.54) is 26.4 Å². The molecule has 1 aromatic carbocycles. The molecule has 0 N–H and O–H groups in total. The lowest BCUT2D eigenvalue weighted by molar-refractivity contribution is 0.0597. The number of rotatable bonds is 2. The van der Waals surface area contributed by atoms with Crippen LogP contribution in [0.15, 0.2) is 12.1 Å². The second-order valence-corrected chi connectivity index (χ2v) is 6.42. The molecular formula is C14H8F2O4S2. The molecule has 0 spiro atoms. The van der Waals surface area contributed by atoms with E-state index in [4.69, 9.17) is 0 Å². The average Bonchev–Trinajstić information content (AvgIpc) is 3.16. The third kappa shape index (κ3) is 2.06. The predicted octanol–water partition coefficient (Wildman–Crippen LogP) is 3.97. The first-order chi connectivity index (χ1) is 10.5. The second-order valence-electron chi connectivity index (χ2n) is 4.32. The number of benzene rings is 1. The third-order valence-electron chi connectivity index (χ3n) is 3.11. The largest absolute Gasteiger partial charge is 0.465 e. The Morgan fingerprint density at radius 3 is 1.55 bits per heavy atom. The van der Waals surface area contributed by atoms with E-state index in [0.717, 1.165) is 22.7 Å². The van der Waals surface area contributed by atoms with E-state index in [-0.39, 0.29) is 29.9 Å². The maximum absolute atomic E-state index is 14.6. The molecule has 0 amide bonds. The summed E-state index contributed by atoms with van der Waals surface area (Å²) in [4.78, 5) is 23.2. The first-order valence-electron chi connectivity index (χ1n) is 5.98. The van der Waals surface area contributed by atoms with Gasteiger partial charge in [0, 0.05) is 10.8 Å². The Labute approximate surface area is 130 Å². The normalized spacial score (nSPS) is 11.1. The van der Waals surface area contributed by atoms with Crippen LogP contribution in [0.3, 0.4) is 0 Å². The van der Waals surface area contributed by atoms with Gasteiger partial charge in [-0.3, -0.25) is 0 Å². The number of fused-ring (bicyclic) bond motifs is 2. The molecule has 114 valence electrons. The van der Waals surface area contributed by atoms with Crippen LogP contribution in [0.5, 0.6) is 0 Å². The summed E-state index contributed by atoms with van der Waals surface area (Å²) in [6.07, 6.45) is 0. The monoisotopic (exact) mass is 342 g/mol. The van der Waals surface area contributed by atoms with Gasteiger partial charge in [0.25, 0.3) is 0 Å². The van der Waals surface area contributed by atoms with Crippen molar-refractivity contribution in [3.05, 3.63) is 33.5 Å². The van der Waals surface area contributed by atoms with E-state index in [0.29, 0.717) is 0 Å². The second kappa shape index (κ2) is 5.29. The van der Waals surface area contributed by atoms with Gasteiger partial charge in [-0.15, -0.1) is 22.7 Å². The zero-order valence-corrected chi connectivity index (χ0v) is 13.0. The van der Waals surface area contributed by atoms with Crippen LogP contribution in [0, 0.1) is 11.6 Å². The highest BCUT2D eigenvalue weighted by atomic mass is 32.1. The lowest BCUT2D eigenvalue weighted by Crippen LogP contribution is -1.96. The van der Waals surface area contributed by atoms with Crippen LogP contribution in [0.2, 0.25) is 0 Å². The maximum atomic E-state index is 14.6. The zero-order valence-electron chi connectivity index (χ0n) is 11.4. The fourth-order valence-corrected chi connectivity index (χ4v) is 4.12. The molecule has 3 aromatic rings. The molecule has 3 rings (SSSR count). The van der Waals surface area contributed by atoms with Gasteiger partial charge in [0.15, 0.2) is 0 Å². The standard InChI is InChI=1S/C14H8F2O4S2/c1-19-13(17)7-3-5-9(15)12-6(10(16)11(5)21-7)4-8(22-12)14(18)20-2/h3-4H,1-2H3. The van der Waals surface area contributed by atoms with Crippen molar-refractivity contribution in [3.8, 4) is 0 Å². The first kappa shape index (κ1) is 14.9. The molecule has 22 heavy (non-hydrogen) atoms. The summed E-state index contributed by atoms with van der Waals surface area (Å²) in [5, 5.41) is -0.0117. The van der Waals surface area contributed by atoms with Crippen LogP contribution in [0.1, 0.15) is 19.3 Å². The van der Waals surface area contributed by atoms with Crippen molar-refractivity contribution in [2.24, 2.45) is 0 Å². The van der Waals surface area contributed by atoms with Crippen molar-refractivity contribution >= 4 is 54.8 Å². The first-order valence-corrected chi connectivity index (χ1v) is 7.62. The fraction of sp³-hybridized carbons (Fsp3) is 0.143. The van der Waals surface area contributed by atoms with E-state index in [2.05, 4.69) is 9.47 Å². The summed E-state index contributed by atoms with van der Waals surface area (Å²) in [6.45, 7) is 0. The van der Waals surface area contributed by atoms with E-state index < -0.39 is 23.6 Å². The summed E-state index contributed by atoms with van der Waals surface area (Å²) >= 11 is 1.62. The minimum Gasteiger partial charge on any atom is -0.465 e. The molecule has 0 saturated carbocycles. The van der Waals surface area contributed by atoms with Crippen molar-refractivity contribution in [1.29, 1.82) is 0 Å². The van der Waals surface area contributed by atoms with Crippen molar-refractivity contribution in [3.63, 3.8) is 0 Å². The van der Waals surface area contributed by atoms with Gasteiger partial charge in [0.05, 0.1) is 23.6 Å². The topological polar surface area (TPSA) is 52.6 Å². The molecule has 0 atom stereocenters. The molecule has 0 aliphatic heterocycles. The highest BCUT2D eigenvalue weighted by molar-refractivity contribution is 7.22. The molecular weight excluding hydrogens is 334 g/mol. The van der Waals surface area contributed by atoms with Crippen LogP contribution in [0.4, 0.5) is 8.78 Å². The van der Waals surface area contributed by atoms with Crippen molar-refractivity contribution in [2.45, 2.75) is 0 Å². The molecule has 0 radical (unpaired) electrons.